The second kappa shape index (κ2) is 6.26. The van der Waals surface area contributed by atoms with Crippen LogP contribution in [0.15, 0.2) is 18.2 Å². The van der Waals surface area contributed by atoms with Gasteiger partial charge >= 0.3 is 0 Å². The third kappa shape index (κ3) is 3.85. The molecule has 0 aliphatic heterocycles. The maximum absolute atomic E-state index is 12.3. The number of anilines is 2. The van der Waals surface area contributed by atoms with Gasteiger partial charge < -0.3 is 15.5 Å². The monoisotopic (exact) mass is 283 g/mol. The van der Waals surface area contributed by atoms with Gasteiger partial charge in [-0.1, -0.05) is 24.6 Å². The van der Waals surface area contributed by atoms with Crippen molar-refractivity contribution in [2.75, 3.05) is 30.9 Å². The molecule has 1 amide bonds. The number of nitrogens with one attached hydrogen (secondary N) is 2. The molecule has 0 spiro atoms. The van der Waals surface area contributed by atoms with Gasteiger partial charge in [0.05, 0.1) is 21.9 Å². The van der Waals surface area contributed by atoms with E-state index < -0.39 is 5.54 Å². The fourth-order valence-corrected chi connectivity index (χ4v) is 2.22. The van der Waals surface area contributed by atoms with Crippen LogP contribution in [0.5, 0.6) is 0 Å². The first kappa shape index (κ1) is 15.8. The quantitative estimate of drug-likeness (QED) is 0.873. The Kier molecular flexibility index (Phi) is 5.20. The maximum atomic E-state index is 12.3. The van der Waals surface area contributed by atoms with Crippen LogP contribution in [0, 0.1) is 0 Å². The molecule has 0 bridgehead atoms. The summed E-state index contributed by atoms with van der Waals surface area (Å²) < 4.78 is 0. The normalized spacial score (nSPS) is 11.3. The first-order valence-corrected chi connectivity index (χ1v) is 6.69. The zero-order valence-corrected chi connectivity index (χ0v) is 12.9. The second-order valence-corrected chi connectivity index (χ2v) is 5.55. The van der Waals surface area contributed by atoms with Gasteiger partial charge in [0, 0.05) is 14.1 Å². The molecular weight excluding hydrogens is 262 g/mol. The number of amides is 1. The molecule has 5 heteroatoms. The zero-order valence-electron chi connectivity index (χ0n) is 12.2. The lowest BCUT2D eigenvalue weighted by Crippen LogP contribution is -2.49. The van der Waals surface area contributed by atoms with Crippen molar-refractivity contribution in [1.29, 1.82) is 0 Å². The fraction of sp³-hybridized carbons (Fsp3) is 0.500. The minimum Gasteiger partial charge on any atom is -0.375 e. The lowest BCUT2D eigenvalue weighted by Gasteiger charge is -2.26. The third-order valence-electron chi connectivity index (χ3n) is 2.87. The highest BCUT2D eigenvalue weighted by molar-refractivity contribution is 6.34. The van der Waals surface area contributed by atoms with Crippen molar-refractivity contribution in [3.05, 3.63) is 23.2 Å². The summed E-state index contributed by atoms with van der Waals surface area (Å²) in [6, 6.07) is 5.48. The molecular formula is C14H22ClN3O. The van der Waals surface area contributed by atoms with Crippen LogP contribution in [0.1, 0.15) is 20.8 Å². The van der Waals surface area contributed by atoms with E-state index >= 15 is 0 Å². The van der Waals surface area contributed by atoms with Gasteiger partial charge in [-0.3, -0.25) is 4.79 Å². The van der Waals surface area contributed by atoms with Crippen molar-refractivity contribution in [2.24, 2.45) is 0 Å². The van der Waals surface area contributed by atoms with Crippen LogP contribution in [0.25, 0.3) is 0 Å². The Morgan fingerprint density at radius 3 is 2.53 bits per heavy atom. The smallest absolute Gasteiger partial charge is 0.244 e. The molecule has 0 saturated carbocycles. The number of likely N-dealkylation sites (N-methyl/N-ethyl adjacent to an activating group) is 1. The number of rotatable bonds is 5. The van der Waals surface area contributed by atoms with Gasteiger partial charge in [-0.15, -0.1) is 0 Å². The molecule has 0 aliphatic rings. The molecule has 19 heavy (non-hydrogen) atoms. The summed E-state index contributed by atoms with van der Waals surface area (Å²) in [6.07, 6.45) is 0. The summed E-state index contributed by atoms with van der Waals surface area (Å²) in [4.78, 5) is 14.2. The Hall–Kier alpha value is -1.26. The molecule has 0 fully saturated rings. The van der Waals surface area contributed by atoms with Crippen molar-refractivity contribution in [3.63, 3.8) is 0 Å². The van der Waals surface area contributed by atoms with Crippen LogP contribution < -0.4 is 15.5 Å². The SMILES string of the molecule is CCNC(C)(C)C(=O)Nc1cccc(Cl)c1N(C)C. The Morgan fingerprint density at radius 1 is 1.37 bits per heavy atom. The van der Waals surface area contributed by atoms with Gasteiger partial charge in [-0.05, 0) is 32.5 Å². The molecule has 1 rings (SSSR count). The topological polar surface area (TPSA) is 44.4 Å². The van der Waals surface area contributed by atoms with Gasteiger partial charge in [0.25, 0.3) is 0 Å². The molecule has 0 heterocycles. The predicted octanol–water partition coefficient (Wildman–Crippen LogP) is 2.73. The average molecular weight is 284 g/mol. The largest absolute Gasteiger partial charge is 0.375 e. The third-order valence-corrected chi connectivity index (χ3v) is 3.17. The Labute approximate surface area is 120 Å². The summed E-state index contributed by atoms with van der Waals surface area (Å²) in [7, 11) is 3.79. The number of hydrogen-bond donors (Lipinski definition) is 2. The van der Waals surface area contributed by atoms with Crippen molar-refractivity contribution < 1.29 is 4.79 Å². The van der Waals surface area contributed by atoms with Crippen LogP contribution in [0.2, 0.25) is 5.02 Å². The highest BCUT2D eigenvalue weighted by Gasteiger charge is 2.27. The summed E-state index contributed by atoms with van der Waals surface area (Å²) in [6.45, 7) is 6.41. The van der Waals surface area contributed by atoms with Crippen molar-refractivity contribution in [3.8, 4) is 0 Å². The van der Waals surface area contributed by atoms with Crippen LogP contribution in [0.3, 0.4) is 0 Å². The van der Waals surface area contributed by atoms with E-state index in [1.165, 1.54) is 0 Å². The van der Waals surface area contributed by atoms with Gasteiger partial charge in [-0.2, -0.15) is 0 Å². The number of nitrogens with zero attached hydrogens (tertiary/aromatic N) is 1. The van der Waals surface area contributed by atoms with E-state index in [0.29, 0.717) is 10.7 Å². The number of carbonyl (C=O) groups excluding carboxylic acids is 1. The Bertz CT molecular complexity index is 458. The van der Waals surface area contributed by atoms with E-state index in [1.54, 1.807) is 0 Å². The van der Waals surface area contributed by atoms with E-state index in [-0.39, 0.29) is 5.91 Å². The van der Waals surface area contributed by atoms with Gasteiger partial charge in [-0.25, -0.2) is 0 Å². The minimum atomic E-state index is -0.624. The number of hydrogen-bond acceptors (Lipinski definition) is 3. The summed E-state index contributed by atoms with van der Waals surface area (Å²) in [5, 5.41) is 6.69. The predicted molar refractivity (Wildman–Crippen MR) is 82.2 cm³/mol. The molecule has 1 aromatic rings. The molecule has 0 atom stereocenters. The molecule has 0 unspecified atom stereocenters. The minimum absolute atomic E-state index is 0.0836. The Morgan fingerprint density at radius 2 is 2.00 bits per heavy atom. The van der Waals surface area contributed by atoms with Gasteiger partial charge in [0.15, 0.2) is 0 Å². The second-order valence-electron chi connectivity index (χ2n) is 5.14. The zero-order chi connectivity index (χ0) is 14.6. The van der Waals surface area contributed by atoms with Crippen LogP contribution in [-0.4, -0.2) is 32.1 Å². The summed E-state index contributed by atoms with van der Waals surface area (Å²) in [5.41, 5.74) is 0.902. The first-order valence-electron chi connectivity index (χ1n) is 6.32. The molecule has 0 aromatic heterocycles. The van der Waals surface area contributed by atoms with Crippen LogP contribution in [0.4, 0.5) is 11.4 Å². The van der Waals surface area contributed by atoms with Crippen molar-refractivity contribution >= 4 is 28.9 Å². The average Bonchev–Trinajstić information content (AvgIpc) is 2.28. The van der Waals surface area contributed by atoms with Gasteiger partial charge in [0.1, 0.15) is 0 Å². The lowest BCUT2D eigenvalue weighted by atomic mass is 10.0. The molecule has 106 valence electrons. The van der Waals surface area contributed by atoms with E-state index in [4.69, 9.17) is 11.6 Å². The fourth-order valence-electron chi connectivity index (χ4n) is 1.87. The van der Waals surface area contributed by atoms with E-state index in [2.05, 4.69) is 10.6 Å². The number of para-hydroxylation sites is 1. The molecule has 0 radical (unpaired) electrons. The summed E-state index contributed by atoms with van der Waals surface area (Å²) >= 11 is 6.17. The number of carbonyl (C=O) groups is 1. The summed E-state index contributed by atoms with van der Waals surface area (Å²) in [5.74, 6) is -0.0836. The molecule has 1 aromatic carbocycles. The van der Waals surface area contributed by atoms with Crippen molar-refractivity contribution in [2.45, 2.75) is 26.3 Å². The van der Waals surface area contributed by atoms with E-state index in [9.17, 15) is 4.79 Å². The maximum Gasteiger partial charge on any atom is 0.244 e. The highest BCUT2D eigenvalue weighted by Crippen LogP contribution is 2.32. The molecule has 0 saturated heterocycles. The number of halogens is 1. The van der Waals surface area contributed by atoms with Gasteiger partial charge in [0.2, 0.25) is 5.91 Å². The molecule has 4 nitrogen and oxygen atoms in total. The molecule has 0 aliphatic carbocycles. The van der Waals surface area contributed by atoms with E-state index in [1.807, 2.05) is 58.0 Å². The van der Waals surface area contributed by atoms with Crippen LogP contribution in [-0.2, 0) is 4.79 Å². The standard InChI is InChI=1S/C14H22ClN3O/c1-6-16-14(2,3)13(19)17-11-9-7-8-10(15)12(11)18(4)5/h7-9,16H,6H2,1-5H3,(H,17,19). The Balaban J connectivity index is 3.00. The highest BCUT2D eigenvalue weighted by atomic mass is 35.5. The number of benzene rings is 1. The lowest BCUT2D eigenvalue weighted by molar-refractivity contribution is -0.121. The van der Waals surface area contributed by atoms with E-state index in [0.717, 1.165) is 12.2 Å². The van der Waals surface area contributed by atoms with Crippen molar-refractivity contribution in [1.82, 2.24) is 5.32 Å². The molecule has 2 N–H and O–H groups in total. The van der Waals surface area contributed by atoms with Crippen LogP contribution >= 0.6 is 11.6 Å². The first-order chi connectivity index (χ1) is 8.79.